The van der Waals surface area contributed by atoms with E-state index in [0.717, 1.165) is 11.3 Å². The number of benzene rings is 2. The van der Waals surface area contributed by atoms with Crippen molar-refractivity contribution in [2.45, 2.75) is 20.0 Å². The summed E-state index contributed by atoms with van der Waals surface area (Å²) in [6, 6.07) is 13.0. The van der Waals surface area contributed by atoms with Gasteiger partial charge in [-0.3, -0.25) is 9.59 Å². The number of nitrogens with zero attached hydrogens (tertiary/aromatic N) is 1. The smallest absolute Gasteiger partial charge is 0.267 e. The van der Waals surface area contributed by atoms with Crippen molar-refractivity contribution in [1.29, 1.82) is 0 Å². The van der Waals surface area contributed by atoms with Gasteiger partial charge in [0.2, 0.25) is 5.91 Å². The van der Waals surface area contributed by atoms with Crippen LogP contribution in [0, 0.1) is 6.92 Å². The largest absolute Gasteiger partial charge is 0.492 e. The second kappa shape index (κ2) is 8.75. The molecule has 2 aromatic carbocycles. The quantitative estimate of drug-likeness (QED) is 0.794. The number of nitrogens with one attached hydrogen (secondary N) is 1. The second-order valence-corrected chi connectivity index (χ2v) is 6.58. The predicted molar refractivity (Wildman–Crippen MR) is 106 cm³/mol. The molecule has 0 radical (unpaired) electrons. The van der Waals surface area contributed by atoms with Gasteiger partial charge in [0.15, 0.2) is 6.10 Å². The first-order chi connectivity index (χ1) is 13.5. The van der Waals surface area contributed by atoms with Crippen molar-refractivity contribution >= 4 is 23.2 Å². The van der Waals surface area contributed by atoms with Crippen molar-refractivity contribution in [3.63, 3.8) is 0 Å². The number of fused-ring (bicyclic) bond motifs is 1. The molecule has 0 saturated heterocycles. The zero-order valence-corrected chi connectivity index (χ0v) is 16.2. The summed E-state index contributed by atoms with van der Waals surface area (Å²) < 4.78 is 16.3. The third kappa shape index (κ3) is 4.61. The van der Waals surface area contributed by atoms with Crippen LogP contribution in [0.15, 0.2) is 42.5 Å². The molecule has 0 bridgehead atoms. The normalized spacial score (nSPS) is 15.6. The van der Waals surface area contributed by atoms with Crippen molar-refractivity contribution < 1.29 is 23.8 Å². The molecule has 1 N–H and O–H groups in total. The lowest BCUT2D eigenvalue weighted by atomic mass is 10.1. The van der Waals surface area contributed by atoms with Gasteiger partial charge in [0, 0.05) is 12.8 Å². The van der Waals surface area contributed by atoms with E-state index in [1.54, 1.807) is 30.0 Å². The van der Waals surface area contributed by atoms with E-state index < -0.39 is 6.10 Å². The number of anilines is 2. The summed E-state index contributed by atoms with van der Waals surface area (Å²) in [5.74, 6) is 0.927. The van der Waals surface area contributed by atoms with Crippen LogP contribution >= 0.6 is 0 Å². The highest BCUT2D eigenvalue weighted by molar-refractivity contribution is 6.01. The first-order valence-corrected chi connectivity index (χ1v) is 9.08. The minimum atomic E-state index is -0.583. The third-order valence-corrected chi connectivity index (χ3v) is 4.30. The lowest BCUT2D eigenvalue weighted by Gasteiger charge is -2.33. The van der Waals surface area contributed by atoms with Crippen LogP contribution in [-0.2, 0) is 14.3 Å². The Kier molecular flexibility index (Phi) is 6.16. The molecule has 7 nitrogen and oxygen atoms in total. The Labute approximate surface area is 164 Å². The summed E-state index contributed by atoms with van der Waals surface area (Å²) in [6.45, 7) is 4.37. The van der Waals surface area contributed by atoms with E-state index in [1.807, 2.05) is 31.2 Å². The van der Waals surface area contributed by atoms with Crippen molar-refractivity contribution in [2.24, 2.45) is 0 Å². The van der Waals surface area contributed by atoms with E-state index in [4.69, 9.17) is 14.2 Å². The molecular formula is C21H24N2O5. The van der Waals surface area contributed by atoms with Crippen LogP contribution in [0.25, 0.3) is 0 Å². The van der Waals surface area contributed by atoms with E-state index in [9.17, 15) is 9.59 Å². The molecule has 0 spiro atoms. The number of amides is 2. The zero-order valence-electron chi connectivity index (χ0n) is 16.2. The van der Waals surface area contributed by atoms with Crippen LogP contribution in [0.2, 0.25) is 0 Å². The number of hydrogen-bond donors (Lipinski definition) is 1. The van der Waals surface area contributed by atoms with Gasteiger partial charge >= 0.3 is 0 Å². The molecule has 1 aliphatic heterocycles. The molecule has 0 aromatic heterocycles. The number of carbonyl (C=O) groups is 2. The van der Waals surface area contributed by atoms with E-state index in [0.29, 0.717) is 30.3 Å². The van der Waals surface area contributed by atoms with Crippen LogP contribution in [-0.4, -0.2) is 44.8 Å². The summed E-state index contributed by atoms with van der Waals surface area (Å²) in [7, 11) is 1.45. The number of carbonyl (C=O) groups excluding carboxylic acids is 2. The predicted octanol–water partition coefficient (Wildman–Crippen LogP) is 2.77. The SMILES string of the molecule is COCC(=O)Nc1ccc2c(c1)N(CCOc1cccc(C)c1)C(=O)C(C)O2. The molecule has 0 fully saturated rings. The highest BCUT2D eigenvalue weighted by Crippen LogP contribution is 2.36. The Bertz CT molecular complexity index is 868. The topological polar surface area (TPSA) is 77.1 Å². The lowest BCUT2D eigenvalue weighted by Crippen LogP contribution is -2.46. The number of methoxy groups -OCH3 is 1. The fourth-order valence-electron chi connectivity index (χ4n) is 3.00. The molecule has 2 amide bonds. The summed E-state index contributed by atoms with van der Waals surface area (Å²) in [5, 5.41) is 2.74. The first kappa shape index (κ1) is 19.7. The Morgan fingerprint density at radius 1 is 1.25 bits per heavy atom. The van der Waals surface area contributed by atoms with Gasteiger partial charge in [-0.1, -0.05) is 12.1 Å². The van der Waals surface area contributed by atoms with Crippen LogP contribution < -0.4 is 19.7 Å². The maximum absolute atomic E-state index is 12.7. The van der Waals surface area contributed by atoms with Crippen LogP contribution in [0.4, 0.5) is 11.4 Å². The summed E-state index contributed by atoms with van der Waals surface area (Å²) in [6.07, 6.45) is -0.583. The molecule has 1 atom stereocenters. The average molecular weight is 384 g/mol. The highest BCUT2D eigenvalue weighted by Gasteiger charge is 2.31. The molecule has 28 heavy (non-hydrogen) atoms. The molecule has 1 unspecified atom stereocenters. The minimum absolute atomic E-state index is 0.0441. The van der Waals surface area contributed by atoms with Gasteiger partial charge in [-0.25, -0.2) is 0 Å². The summed E-state index contributed by atoms with van der Waals surface area (Å²) in [5.41, 5.74) is 2.28. The van der Waals surface area contributed by atoms with E-state index in [1.165, 1.54) is 7.11 Å². The Balaban J connectivity index is 1.75. The lowest BCUT2D eigenvalue weighted by molar-refractivity contribution is -0.125. The Hall–Kier alpha value is -3.06. The molecule has 1 heterocycles. The average Bonchev–Trinajstić information content (AvgIpc) is 2.65. The molecule has 3 rings (SSSR count). The molecule has 0 aliphatic carbocycles. The molecule has 148 valence electrons. The second-order valence-electron chi connectivity index (χ2n) is 6.58. The molecule has 1 aliphatic rings. The van der Waals surface area contributed by atoms with E-state index >= 15 is 0 Å². The van der Waals surface area contributed by atoms with E-state index in [2.05, 4.69) is 5.32 Å². The maximum Gasteiger partial charge on any atom is 0.267 e. The number of ether oxygens (including phenoxy) is 3. The van der Waals surface area contributed by atoms with Gasteiger partial charge in [0.05, 0.1) is 12.2 Å². The van der Waals surface area contributed by atoms with Gasteiger partial charge in [-0.15, -0.1) is 0 Å². The summed E-state index contributed by atoms with van der Waals surface area (Å²) in [4.78, 5) is 26.1. The van der Waals surface area contributed by atoms with Crippen molar-refractivity contribution in [3.05, 3.63) is 48.0 Å². The standard InChI is InChI=1S/C21H24N2O5/c1-14-5-4-6-17(11-14)27-10-9-23-18-12-16(22-20(24)13-26-3)7-8-19(18)28-15(2)21(23)25/h4-8,11-12,15H,9-10,13H2,1-3H3,(H,22,24). The molecule has 7 heteroatoms. The van der Waals surface area contributed by atoms with Gasteiger partial charge in [0.1, 0.15) is 24.7 Å². The van der Waals surface area contributed by atoms with E-state index in [-0.39, 0.29) is 18.4 Å². The summed E-state index contributed by atoms with van der Waals surface area (Å²) >= 11 is 0. The monoisotopic (exact) mass is 384 g/mol. The van der Waals surface area contributed by atoms with Gasteiger partial charge in [-0.2, -0.15) is 0 Å². The van der Waals surface area contributed by atoms with Crippen LogP contribution in [0.3, 0.4) is 0 Å². The highest BCUT2D eigenvalue weighted by atomic mass is 16.5. The molecule has 0 saturated carbocycles. The zero-order chi connectivity index (χ0) is 20.1. The van der Waals surface area contributed by atoms with Crippen LogP contribution in [0.5, 0.6) is 11.5 Å². The van der Waals surface area contributed by atoms with Gasteiger partial charge in [0.25, 0.3) is 5.91 Å². The Morgan fingerprint density at radius 2 is 2.07 bits per heavy atom. The van der Waals surface area contributed by atoms with Gasteiger partial charge in [-0.05, 0) is 49.7 Å². The third-order valence-electron chi connectivity index (χ3n) is 4.30. The van der Waals surface area contributed by atoms with Crippen molar-refractivity contribution in [3.8, 4) is 11.5 Å². The maximum atomic E-state index is 12.7. The number of hydrogen-bond acceptors (Lipinski definition) is 5. The minimum Gasteiger partial charge on any atom is -0.492 e. The fraction of sp³-hybridized carbons (Fsp3) is 0.333. The fourth-order valence-corrected chi connectivity index (χ4v) is 3.00. The molecular weight excluding hydrogens is 360 g/mol. The number of aryl methyl sites for hydroxylation is 1. The Morgan fingerprint density at radius 3 is 2.82 bits per heavy atom. The van der Waals surface area contributed by atoms with Crippen LogP contribution in [0.1, 0.15) is 12.5 Å². The number of rotatable bonds is 7. The molecule has 2 aromatic rings. The first-order valence-electron chi connectivity index (χ1n) is 9.08. The van der Waals surface area contributed by atoms with Crippen molar-refractivity contribution in [1.82, 2.24) is 0 Å². The van der Waals surface area contributed by atoms with Crippen molar-refractivity contribution in [2.75, 3.05) is 37.1 Å². The van der Waals surface area contributed by atoms with Gasteiger partial charge < -0.3 is 24.4 Å².